The average molecular weight is 265 g/mol. The van der Waals surface area contributed by atoms with Crippen molar-refractivity contribution in [1.82, 2.24) is 4.98 Å². The third kappa shape index (κ3) is 2.99. The Morgan fingerprint density at radius 1 is 1.28 bits per heavy atom. The molecule has 2 aromatic rings. The van der Waals surface area contributed by atoms with E-state index in [1.807, 2.05) is 0 Å². The van der Waals surface area contributed by atoms with Crippen molar-refractivity contribution in [3.8, 4) is 0 Å². The highest BCUT2D eigenvalue weighted by molar-refractivity contribution is 6.33. The fraction of sp³-hybridized carbons (Fsp3) is 0.214. The Labute approximate surface area is 111 Å². The molecule has 18 heavy (non-hydrogen) atoms. The smallest absolute Gasteiger partial charge is 0.123 e. The van der Waals surface area contributed by atoms with E-state index in [-0.39, 0.29) is 11.9 Å². The summed E-state index contributed by atoms with van der Waals surface area (Å²) in [5, 5.41) is 3.95. The van der Waals surface area contributed by atoms with Crippen LogP contribution in [0.15, 0.2) is 42.7 Å². The SMILES string of the molecule is CCC(Nc1cnccc1Cl)c1ccc(F)cc1. The molecule has 1 unspecified atom stereocenters. The molecule has 0 amide bonds. The summed E-state index contributed by atoms with van der Waals surface area (Å²) in [6.45, 7) is 2.06. The molecular formula is C14H14ClFN2. The molecule has 0 radical (unpaired) electrons. The molecule has 0 aliphatic heterocycles. The van der Waals surface area contributed by atoms with Crippen LogP contribution in [0.4, 0.5) is 10.1 Å². The lowest BCUT2D eigenvalue weighted by molar-refractivity contribution is 0.625. The van der Waals surface area contributed by atoms with Crippen molar-refractivity contribution < 1.29 is 4.39 Å². The van der Waals surface area contributed by atoms with Crippen LogP contribution in [0.2, 0.25) is 5.02 Å². The summed E-state index contributed by atoms with van der Waals surface area (Å²) in [4.78, 5) is 4.03. The maximum absolute atomic E-state index is 12.9. The lowest BCUT2D eigenvalue weighted by Crippen LogP contribution is -2.10. The molecule has 1 heterocycles. The standard InChI is InChI=1S/C14H14ClFN2/c1-2-13(10-3-5-11(16)6-4-10)18-14-9-17-8-7-12(14)15/h3-9,13,18H,2H2,1H3. The van der Waals surface area contributed by atoms with Gasteiger partial charge in [-0.15, -0.1) is 0 Å². The van der Waals surface area contributed by atoms with Gasteiger partial charge < -0.3 is 5.32 Å². The predicted octanol–water partition coefficient (Wildman–Crippen LogP) is 4.44. The zero-order valence-corrected chi connectivity index (χ0v) is 10.8. The second-order valence-corrected chi connectivity index (χ2v) is 4.42. The largest absolute Gasteiger partial charge is 0.376 e. The van der Waals surface area contributed by atoms with E-state index >= 15 is 0 Å². The first-order valence-corrected chi connectivity index (χ1v) is 6.20. The molecule has 2 nitrogen and oxygen atoms in total. The zero-order chi connectivity index (χ0) is 13.0. The van der Waals surface area contributed by atoms with E-state index in [2.05, 4.69) is 17.2 Å². The van der Waals surface area contributed by atoms with Crippen molar-refractivity contribution in [2.75, 3.05) is 5.32 Å². The summed E-state index contributed by atoms with van der Waals surface area (Å²) in [6, 6.07) is 8.31. The third-order valence-electron chi connectivity index (χ3n) is 2.78. The van der Waals surface area contributed by atoms with Crippen molar-refractivity contribution in [2.45, 2.75) is 19.4 Å². The fourth-order valence-electron chi connectivity index (χ4n) is 1.79. The molecule has 0 bridgehead atoms. The second kappa shape index (κ2) is 5.83. The number of halogens is 2. The van der Waals surface area contributed by atoms with E-state index in [0.717, 1.165) is 17.7 Å². The number of anilines is 1. The van der Waals surface area contributed by atoms with Crippen LogP contribution in [0.25, 0.3) is 0 Å². The van der Waals surface area contributed by atoms with E-state index in [1.165, 1.54) is 12.1 Å². The van der Waals surface area contributed by atoms with Crippen molar-refractivity contribution in [1.29, 1.82) is 0 Å². The molecule has 2 rings (SSSR count). The van der Waals surface area contributed by atoms with E-state index in [4.69, 9.17) is 11.6 Å². The van der Waals surface area contributed by atoms with Crippen LogP contribution in [0.1, 0.15) is 24.9 Å². The number of hydrogen-bond acceptors (Lipinski definition) is 2. The first-order chi connectivity index (χ1) is 8.70. The summed E-state index contributed by atoms with van der Waals surface area (Å²) in [6.07, 6.45) is 4.21. The molecule has 0 spiro atoms. The topological polar surface area (TPSA) is 24.9 Å². The summed E-state index contributed by atoms with van der Waals surface area (Å²) in [7, 11) is 0. The summed E-state index contributed by atoms with van der Waals surface area (Å²) in [5.74, 6) is -0.229. The van der Waals surface area contributed by atoms with Crippen LogP contribution < -0.4 is 5.32 Å². The molecule has 0 aliphatic rings. The van der Waals surface area contributed by atoms with Crippen molar-refractivity contribution in [3.05, 3.63) is 59.1 Å². The van der Waals surface area contributed by atoms with E-state index in [9.17, 15) is 4.39 Å². The number of nitrogens with zero attached hydrogens (tertiary/aromatic N) is 1. The highest BCUT2D eigenvalue weighted by Gasteiger charge is 2.10. The maximum atomic E-state index is 12.9. The Morgan fingerprint density at radius 2 is 2.00 bits per heavy atom. The first-order valence-electron chi connectivity index (χ1n) is 5.82. The lowest BCUT2D eigenvalue weighted by atomic mass is 10.0. The van der Waals surface area contributed by atoms with Gasteiger partial charge in [-0.05, 0) is 30.2 Å². The molecule has 0 aliphatic carbocycles. The van der Waals surface area contributed by atoms with Crippen molar-refractivity contribution in [2.24, 2.45) is 0 Å². The second-order valence-electron chi connectivity index (χ2n) is 4.01. The summed E-state index contributed by atoms with van der Waals surface area (Å²) in [5.41, 5.74) is 1.81. The van der Waals surface area contributed by atoms with Gasteiger partial charge in [0, 0.05) is 6.20 Å². The maximum Gasteiger partial charge on any atom is 0.123 e. The third-order valence-corrected chi connectivity index (χ3v) is 3.11. The lowest BCUT2D eigenvalue weighted by Gasteiger charge is -2.19. The van der Waals surface area contributed by atoms with Gasteiger partial charge in [0.15, 0.2) is 0 Å². The van der Waals surface area contributed by atoms with Crippen LogP contribution in [0.5, 0.6) is 0 Å². The molecule has 1 atom stereocenters. The molecule has 1 aromatic heterocycles. The zero-order valence-electron chi connectivity index (χ0n) is 10.0. The average Bonchev–Trinajstić information content (AvgIpc) is 2.39. The number of nitrogens with one attached hydrogen (secondary N) is 1. The number of aromatic nitrogens is 1. The number of benzene rings is 1. The summed E-state index contributed by atoms with van der Waals surface area (Å²) < 4.78 is 12.9. The van der Waals surface area contributed by atoms with Crippen LogP contribution in [0.3, 0.4) is 0 Å². The van der Waals surface area contributed by atoms with Crippen LogP contribution in [-0.4, -0.2) is 4.98 Å². The van der Waals surface area contributed by atoms with Crippen LogP contribution in [0, 0.1) is 5.82 Å². The number of pyridine rings is 1. The Bertz CT molecular complexity index is 513. The van der Waals surface area contributed by atoms with E-state index in [0.29, 0.717) is 5.02 Å². The van der Waals surface area contributed by atoms with E-state index < -0.39 is 0 Å². The van der Waals surface area contributed by atoms with Gasteiger partial charge in [-0.1, -0.05) is 30.7 Å². The van der Waals surface area contributed by atoms with Gasteiger partial charge in [0.05, 0.1) is 22.9 Å². The quantitative estimate of drug-likeness (QED) is 0.883. The Morgan fingerprint density at radius 3 is 2.61 bits per heavy atom. The van der Waals surface area contributed by atoms with Crippen LogP contribution in [-0.2, 0) is 0 Å². The van der Waals surface area contributed by atoms with Crippen LogP contribution >= 0.6 is 11.6 Å². The van der Waals surface area contributed by atoms with Gasteiger partial charge in [0.1, 0.15) is 5.82 Å². The van der Waals surface area contributed by atoms with Gasteiger partial charge in [0.2, 0.25) is 0 Å². The summed E-state index contributed by atoms with van der Waals surface area (Å²) >= 11 is 6.08. The highest BCUT2D eigenvalue weighted by Crippen LogP contribution is 2.26. The monoisotopic (exact) mass is 264 g/mol. The van der Waals surface area contributed by atoms with Crippen molar-refractivity contribution in [3.63, 3.8) is 0 Å². The highest BCUT2D eigenvalue weighted by atomic mass is 35.5. The molecule has 1 aromatic carbocycles. The van der Waals surface area contributed by atoms with Gasteiger partial charge in [-0.25, -0.2) is 4.39 Å². The normalized spacial score (nSPS) is 12.2. The molecule has 0 saturated heterocycles. The van der Waals surface area contributed by atoms with E-state index in [1.54, 1.807) is 30.6 Å². The molecular weight excluding hydrogens is 251 g/mol. The molecule has 94 valence electrons. The minimum Gasteiger partial charge on any atom is -0.376 e. The van der Waals surface area contributed by atoms with Crippen molar-refractivity contribution >= 4 is 17.3 Å². The molecule has 0 fully saturated rings. The number of rotatable bonds is 4. The van der Waals surface area contributed by atoms with Gasteiger partial charge in [-0.2, -0.15) is 0 Å². The van der Waals surface area contributed by atoms with Gasteiger partial charge >= 0.3 is 0 Å². The minimum absolute atomic E-state index is 0.0901. The Balaban J connectivity index is 2.20. The predicted molar refractivity (Wildman–Crippen MR) is 72.3 cm³/mol. The number of hydrogen-bond donors (Lipinski definition) is 1. The fourth-order valence-corrected chi connectivity index (χ4v) is 1.95. The minimum atomic E-state index is -0.229. The Kier molecular flexibility index (Phi) is 4.15. The first kappa shape index (κ1) is 12.8. The Hall–Kier alpha value is -1.61. The molecule has 0 saturated carbocycles. The van der Waals surface area contributed by atoms with Gasteiger partial charge in [-0.3, -0.25) is 4.98 Å². The molecule has 4 heteroatoms. The molecule has 1 N–H and O–H groups in total. The van der Waals surface area contributed by atoms with Gasteiger partial charge in [0.25, 0.3) is 0 Å².